The fourth-order valence-electron chi connectivity index (χ4n) is 2.84. The van der Waals surface area contributed by atoms with Gasteiger partial charge in [-0.05, 0) is 42.0 Å². The van der Waals surface area contributed by atoms with E-state index in [0.717, 1.165) is 30.3 Å². The number of benzene rings is 3. The van der Waals surface area contributed by atoms with Crippen molar-refractivity contribution in [3.05, 3.63) is 101 Å². The maximum absolute atomic E-state index is 13.9. The van der Waals surface area contributed by atoms with Gasteiger partial charge in [0.1, 0.15) is 11.1 Å². The summed E-state index contributed by atoms with van der Waals surface area (Å²) in [5, 5.41) is 0.961. The van der Waals surface area contributed by atoms with E-state index in [9.17, 15) is 30.8 Å². The molecule has 9 heteroatoms. The Kier molecular flexibility index (Phi) is 6.21. The van der Waals surface area contributed by atoms with Crippen LogP contribution in [-0.2, 0) is 9.84 Å². The molecule has 3 aromatic rings. The highest BCUT2D eigenvalue weighted by Gasteiger charge is 2.30. The van der Waals surface area contributed by atoms with E-state index in [4.69, 9.17) is 0 Å². The molecule has 0 aromatic heterocycles. The van der Waals surface area contributed by atoms with E-state index >= 15 is 0 Å². The highest BCUT2D eigenvalue weighted by molar-refractivity contribution is 7.91. The highest BCUT2D eigenvalue weighted by Crippen LogP contribution is 2.29. The molecule has 1 N–H and O–H groups in total. The van der Waals surface area contributed by atoms with Crippen LogP contribution < -0.4 is 5.32 Å². The summed E-state index contributed by atoms with van der Waals surface area (Å²) in [7, 11) is -4.08. The predicted octanol–water partition coefficient (Wildman–Crippen LogP) is 4.19. The van der Waals surface area contributed by atoms with Gasteiger partial charge in [-0.1, -0.05) is 30.3 Å². The summed E-state index contributed by atoms with van der Waals surface area (Å²) in [5.41, 5.74) is -0.437. The van der Waals surface area contributed by atoms with Gasteiger partial charge in [-0.25, -0.2) is 26.0 Å². The van der Waals surface area contributed by atoms with Crippen molar-refractivity contribution in [2.75, 3.05) is 6.54 Å². The van der Waals surface area contributed by atoms with Crippen molar-refractivity contribution in [2.45, 2.75) is 10.1 Å². The second kappa shape index (κ2) is 8.66. The number of sulfone groups is 1. The van der Waals surface area contributed by atoms with Crippen molar-refractivity contribution in [1.82, 2.24) is 5.32 Å². The third-order valence-electron chi connectivity index (χ3n) is 4.42. The van der Waals surface area contributed by atoms with Gasteiger partial charge in [-0.3, -0.25) is 4.79 Å². The molecule has 0 radical (unpaired) electrons. The highest BCUT2D eigenvalue weighted by atomic mass is 32.2. The summed E-state index contributed by atoms with van der Waals surface area (Å²) in [6.07, 6.45) is 0. The molecule has 0 fully saturated rings. The molecule has 1 unspecified atom stereocenters. The van der Waals surface area contributed by atoms with Crippen molar-refractivity contribution in [1.29, 1.82) is 0 Å². The molecule has 0 heterocycles. The maximum atomic E-state index is 13.9. The Morgan fingerprint density at radius 1 is 0.833 bits per heavy atom. The zero-order valence-corrected chi connectivity index (χ0v) is 16.1. The lowest BCUT2D eigenvalue weighted by atomic mass is 10.1. The number of hydrogen-bond donors (Lipinski definition) is 1. The van der Waals surface area contributed by atoms with E-state index in [1.165, 1.54) is 12.1 Å². The number of carbonyl (C=O) groups is 1. The number of amides is 1. The van der Waals surface area contributed by atoms with E-state index in [1.54, 1.807) is 18.2 Å². The van der Waals surface area contributed by atoms with Crippen LogP contribution in [0.25, 0.3) is 0 Å². The first-order valence-corrected chi connectivity index (χ1v) is 10.2. The second-order valence-electron chi connectivity index (χ2n) is 6.33. The van der Waals surface area contributed by atoms with Crippen LogP contribution >= 0.6 is 0 Å². The Balaban J connectivity index is 1.92. The first kappa shape index (κ1) is 21.5. The number of hydrogen-bond acceptors (Lipinski definition) is 3. The summed E-state index contributed by atoms with van der Waals surface area (Å²) in [4.78, 5) is 12.1. The molecule has 156 valence electrons. The topological polar surface area (TPSA) is 63.2 Å². The molecule has 0 aliphatic heterocycles. The van der Waals surface area contributed by atoms with Crippen LogP contribution in [0.4, 0.5) is 17.6 Å². The van der Waals surface area contributed by atoms with E-state index in [-0.39, 0.29) is 4.90 Å². The van der Waals surface area contributed by atoms with Crippen LogP contribution in [0.15, 0.2) is 71.6 Å². The molecule has 3 aromatic carbocycles. The lowest BCUT2D eigenvalue weighted by Gasteiger charge is -2.19. The third kappa shape index (κ3) is 4.35. The van der Waals surface area contributed by atoms with Gasteiger partial charge in [0.2, 0.25) is 0 Å². The molecular formula is C21H15F4NO3S. The Morgan fingerprint density at radius 2 is 1.47 bits per heavy atom. The zero-order valence-electron chi connectivity index (χ0n) is 15.3. The Labute approximate surface area is 170 Å². The molecule has 1 amide bonds. The van der Waals surface area contributed by atoms with Gasteiger partial charge in [0, 0.05) is 6.54 Å². The summed E-state index contributed by atoms with van der Waals surface area (Å²) in [6, 6.07) is 13.4. The van der Waals surface area contributed by atoms with E-state index in [2.05, 4.69) is 5.32 Å². The molecule has 0 saturated heterocycles. The second-order valence-corrected chi connectivity index (χ2v) is 8.46. The van der Waals surface area contributed by atoms with Gasteiger partial charge in [0.15, 0.2) is 27.3 Å². The Morgan fingerprint density at radius 3 is 2.10 bits per heavy atom. The lowest BCUT2D eigenvalue weighted by molar-refractivity contribution is 0.0948. The van der Waals surface area contributed by atoms with Crippen LogP contribution in [0.1, 0.15) is 21.2 Å². The first-order valence-electron chi connectivity index (χ1n) is 8.68. The molecule has 30 heavy (non-hydrogen) atoms. The van der Waals surface area contributed by atoms with Crippen molar-refractivity contribution in [2.24, 2.45) is 0 Å². The minimum absolute atomic E-state index is 0.175. The Hall–Kier alpha value is -3.20. The number of halogens is 4. The minimum atomic E-state index is -4.08. The summed E-state index contributed by atoms with van der Waals surface area (Å²) in [5.74, 6) is -6.66. The summed E-state index contributed by atoms with van der Waals surface area (Å²) in [6.45, 7) is -0.485. The molecule has 0 aliphatic carbocycles. The average molecular weight is 437 g/mol. The summed E-state index contributed by atoms with van der Waals surface area (Å²) < 4.78 is 79.7. The van der Waals surface area contributed by atoms with Gasteiger partial charge < -0.3 is 5.32 Å². The van der Waals surface area contributed by atoms with Crippen molar-refractivity contribution in [3.8, 4) is 0 Å². The van der Waals surface area contributed by atoms with Crippen molar-refractivity contribution in [3.63, 3.8) is 0 Å². The van der Waals surface area contributed by atoms with Crippen molar-refractivity contribution >= 4 is 15.7 Å². The third-order valence-corrected chi connectivity index (χ3v) is 6.53. The van der Waals surface area contributed by atoms with Gasteiger partial charge in [0.25, 0.3) is 5.91 Å². The molecule has 1 atom stereocenters. The van der Waals surface area contributed by atoms with Crippen LogP contribution in [0, 0.1) is 23.3 Å². The predicted molar refractivity (Wildman–Crippen MR) is 101 cm³/mol. The van der Waals surface area contributed by atoms with Crippen LogP contribution in [-0.4, -0.2) is 20.9 Å². The van der Waals surface area contributed by atoms with Gasteiger partial charge >= 0.3 is 0 Å². The van der Waals surface area contributed by atoms with E-state index < -0.39 is 56.4 Å². The van der Waals surface area contributed by atoms with E-state index in [1.807, 2.05) is 0 Å². The Bertz CT molecular complexity index is 1170. The molecule has 0 spiro atoms. The normalized spacial score (nSPS) is 12.4. The lowest BCUT2D eigenvalue weighted by Crippen LogP contribution is -2.32. The monoisotopic (exact) mass is 437 g/mol. The van der Waals surface area contributed by atoms with Crippen LogP contribution in [0.5, 0.6) is 0 Å². The number of carbonyl (C=O) groups excluding carboxylic acids is 1. The summed E-state index contributed by atoms with van der Waals surface area (Å²) >= 11 is 0. The molecule has 3 rings (SSSR count). The average Bonchev–Trinajstić information content (AvgIpc) is 2.73. The van der Waals surface area contributed by atoms with Crippen LogP contribution in [0.3, 0.4) is 0 Å². The fourth-order valence-corrected chi connectivity index (χ4v) is 4.51. The number of nitrogens with one attached hydrogen (secondary N) is 1. The number of rotatable bonds is 6. The van der Waals surface area contributed by atoms with E-state index in [0.29, 0.717) is 11.6 Å². The van der Waals surface area contributed by atoms with Gasteiger partial charge in [0.05, 0.1) is 10.5 Å². The smallest absolute Gasteiger partial charge is 0.254 e. The minimum Gasteiger partial charge on any atom is -0.350 e. The maximum Gasteiger partial charge on any atom is 0.254 e. The molecule has 4 nitrogen and oxygen atoms in total. The van der Waals surface area contributed by atoms with Crippen LogP contribution in [0.2, 0.25) is 0 Å². The fraction of sp³-hybridized carbons (Fsp3) is 0.0952. The van der Waals surface area contributed by atoms with Gasteiger partial charge in [-0.2, -0.15) is 0 Å². The molecular weight excluding hydrogens is 422 g/mol. The quantitative estimate of drug-likeness (QED) is 0.357. The first-order chi connectivity index (χ1) is 14.2. The van der Waals surface area contributed by atoms with Gasteiger partial charge in [-0.15, -0.1) is 0 Å². The van der Waals surface area contributed by atoms with Crippen molar-refractivity contribution < 1.29 is 30.8 Å². The zero-order chi connectivity index (χ0) is 21.9. The largest absolute Gasteiger partial charge is 0.350 e. The SMILES string of the molecule is O=C(NCC(c1ccccc1)S(=O)(=O)c1ccc(F)cc1)c1ccc(F)c(F)c1F. The molecule has 0 bridgehead atoms. The standard InChI is InChI=1S/C21H15F4NO3S/c22-14-6-8-15(9-7-14)30(28,29)18(13-4-2-1-3-5-13)12-26-21(27)16-10-11-17(23)20(25)19(16)24/h1-11,18H,12H2,(H,26,27). The molecule has 0 saturated carbocycles. The molecule has 0 aliphatic rings.